The Labute approximate surface area is 140 Å². The maximum absolute atomic E-state index is 12.8. The molecule has 0 aliphatic heterocycles. The first-order chi connectivity index (χ1) is 11.2. The van der Waals surface area contributed by atoms with Crippen molar-refractivity contribution in [3.63, 3.8) is 0 Å². The van der Waals surface area contributed by atoms with Crippen LogP contribution in [0.1, 0.15) is 24.8 Å². The highest BCUT2D eigenvalue weighted by Gasteiger charge is 2.44. The van der Waals surface area contributed by atoms with E-state index in [9.17, 15) is 9.18 Å². The van der Waals surface area contributed by atoms with Crippen LogP contribution in [0.4, 0.5) is 4.39 Å². The van der Waals surface area contributed by atoms with E-state index < -0.39 is 0 Å². The zero-order valence-electron chi connectivity index (χ0n) is 12.9. The number of rotatable bonds is 7. The molecule has 4 heteroatoms. The lowest BCUT2D eigenvalue weighted by atomic mass is 9.96. The average Bonchev–Trinajstić information content (AvgIpc) is 3.37. The fourth-order valence-electron chi connectivity index (χ4n) is 2.66. The molecule has 0 unspecified atom stereocenters. The summed E-state index contributed by atoms with van der Waals surface area (Å²) in [7, 11) is 0. The highest BCUT2D eigenvalue weighted by Crippen LogP contribution is 2.47. The summed E-state index contributed by atoms with van der Waals surface area (Å²) in [6.45, 7) is 0.719. The molecule has 0 atom stereocenters. The largest absolute Gasteiger partial charge is 0.355 e. The predicted molar refractivity (Wildman–Crippen MR) is 92.1 cm³/mol. The molecule has 1 amide bonds. The zero-order chi connectivity index (χ0) is 16.1. The molecule has 1 aliphatic carbocycles. The fraction of sp³-hybridized carbons (Fsp3) is 0.316. The van der Waals surface area contributed by atoms with Gasteiger partial charge in [0.05, 0.1) is 0 Å². The highest BCUT2D eigenvalue weighted by atomic mass is 32.2. The fourth-order valence-corrected chi connectivity index (χ4v) is 3.51. The lowest BCUT2D eigenvalue weighted by molar-refractivity contribution is -0.120. The number of amides is 1. The minimum Gasteiger partial charge on any atom is -0.355 e. The Morgan fingerprint density at radius 1 is 1.09 bits per heavy atom. The second kappa shape index (κ2) is 7.18. The van der Waals surface area contributed by atoms with Gasteiger partial charge in [-0.25, -0.2) is 4.39 Å². The van der Waals surface area contributed by atoms with E-state index in [0.29, 0.717) is 12.2 Å². The van der Waals surface area contributed by atoms with E-state index in [0.717, 1.165) is 24.3 Å². The Balaban J connectivity index is 1.41. The van der Waals surface area contributed by atoms with Gasteiger partial charge in [0.15, 0.2) is 0 Å². The van der Waals surface area contributed by atoms with Gasteiger partial charge < -0.3 is 5.32 Å². The van der Waals surface area contributed by atoms with E-state index in [1.165, 1.54) is 17.7 Å². The van der Waals surface area contributed by atoms with Crippen molar-refractivity contribution in [3.05, 3.63) is 66.0 Å². The van der Waals surface area contributed by atoms with E-state index >= 15 is 0 Å². The van der Waals surface area contributed by atoms with Gasteiger partial charge in [-0.1, -0.05) is 30.3 Å². The lowest BCUT2D eigenvalue weighted by Crippen LogP contribution is -2.32. The van der Waals surface area contributed by atoms with Crippen molar-refractivity contribution in [1.82, 2.24) is 5.32 Å². The molecule has 0 heterocycles. The molecule has 2 aromatic rings. The van der Waals surface area contributed by atoms with Crippen molar-refractivity contribution < 1.29 is 9.18 Å². The third-order valence-electron chi connectivity index (χ3n) is 4.28. The van der Waals surface area contributed by atoms with Crippen molar-refractivity contribution >= 4 is 17.7 Å². The van der Waals surface area contributed by atoms with E-state index in [-0.39, 0.29) is 17.1 Å². The monoisotopic (exact) mass is 329 g/mol. The molecule has 1 saturated carbocycles. The molecule has 1 aliphatic rings. The van der Waals surface area contributed by atoms with Crippen LogP contribution in [-0.2, 0) is 10.2 Å². The summed E-state index contributed by atoms with van der Waals surface area (Å²) in [6, 6.07) is 16.8. The number of benzene rings is 2. The Morgan fingerprint density at radius 3 is 2.43 bits per heavy atom. The third kappa shape index (κ3) is 4.35. The van der Waals surface area contributed by atoms with E-state index in [4.69, 9.17) is 0 Å². The number of nitrogens with one attached hydrogen (secondary N) is 1. The summed E-state index contributed by atoms with van der Waals surface area (Å²) in [6.07, 6.45) is 2.76. The van der Waals surface area contributed by atoms with Gasteiger partial charge in [-0.05, 0) is 42.7 Å². The van der Waals surface area contributed by atoms with Crippen LogP contribution in [-0.4, -0.2) is 18.2 Å². The Kier molecular flexibility index (Phi) is 5.01. The maximum Gasteiger partial charge on any atom is 0.220 e. The minimum atomic E-state index is -0.234. The molecular weight excluding hydrogens is 309 g/mol. The van der Waals surface area contributed by atoms with Crippen LogP contribution in [0.5, 0.6) is 0 Å². The Hall–Kier alpha value is -1.81. The standard InChI is InChI=1S/C19H20FNOS/c20-16-6-8-17(9-7-16)23-13-10-18(22)21-14-19(11-12-19)15-4-2-1-3-5-15/h1-9H,10-14H2,(H,21,22). The molecule has 0 radical (unpaired) electrons. The summed E-state index contributed by atoms with van der Waals surface area (Å²) in [5.74, 6) is 0.556. The maximum atomic E-state index is 12.8. The molecular formula is C19H20FNOS. The second-order valence-corrected chi connectivity index (χ2v) is 7.14. The number of carbonyl (C=O) groups is 1. The van der Waals surface area contributed by atoms with Gasteiger partial charge in [-0.2, -0.15) is 0 Å². The minimum absolute atomic E-state index is 0.0850. The molecule has 0 aromatic heterocycles. The van der Waals surface area contributed by atoms with Gasteiger partial charge >= 0.3 is 0 Å². The first-order valence-corrected chi connectivity index (χ1v) is 8.87. The topological polar surface area (TPSA) is 29.1 Å². The molecule has 1 N–H and O–H groups in total. The van der Waals surface area contributed by atoms with Crippen LogP contribution >= 0.6 is 11.8 Å². The van der Waals surface area contributed by atoms with E-state index in [1.807, 2.05) is 6.07 Å². The summed E-state index contributed by atoms with van der Waals surface area (Å²) >= 11 is 1.58. The van der Waals surface area contributed by atoms with E-state index in [2.05, 4.69) is 29.6 Å². The molecule has 2 aromatic carbocycles. The highest BCUT2D eigenvalue weighted by molar-refractivity contribution is 7.99. The van der Waals surface area contributed by atoms with Crippen molar-refractivity contribution in [3.8, 4) is 0 Å². The van der Waals surface area contributed by atoms with Gasteiger partial charge in [-0.15, -0.1) is 11.8 Å². The third-order valence-corrected chi connectivity index (χ3v) is 5.29. The molecule has 120 valence electrons. The molecule has 2 nitrogen and oxygen atoms in total. The molecule has 23 heavy (non-hydrogen) atoms. The van der Waals surface area contributed by atoms with Gasteiger partial charge in [0, 0.05) is 29.0 Å². The van der Waals surface area contributed by atoms with Gasteiger partial charge in [0.2, 0.25) is 5.91 Å². The zero-order valence-corrected chi connectivity index (χ0v) is 13.7. The Bertz CT molecular complexity index is 653. The number of thioether (sulfide) groups is 1. The van der Waals surface area contributed by atoms with Crippen LogP contribution in [0.2, 0.25) is 0 Å². The number of hydrogen-bond donors (Lipinski definition) is 1. The Morgan fingerprint density at radius 2 is 1.78 bits per heavy atom. The van der Waals surface area contributed by atoms with Gasteiger partial charge in [-0.3, -0.25) is 4.79 Å². The van der Waals surface area contributed by atoms with Crippen molar-refractivity contribution in [2.45, 2.75) is 29.6 Å². The SMILES string of the molecule is O=C(CCSc1ccc(F)cc1)NCC1(c2ccccc2)CC1. The molecule has 0 saturated heterocycles. The van der Waals surface area contributed by atoms with Crippen LogP contribution in [0.3, 0.4) is 0 Å². The first kappa shape index (κ1) is 16.1. The lowest BCUT2D eigenvalue weighted by Gasteiger charge is -2.16. The second-order valence-electron chi connectivity index (χ2n) is 5.98. The quantitative estimate of drug-likeness (QED) is 0.773. The number of halogens is 1. The molecule has 0 bridgehead atoms. The molecule has 1 fully saturated rings. The summed E-state index contributed by atoms with van der Waals surface area (Å²) in [5.41, 5.74) is 1.47. The first-order valence-electron chi connectivity index (χ1n) is 7.89. The summed E-state index contributed by atoms with van der Waals surface area (Å²) in [5, 5.41) is 3.07. The van der Waals surface area contributed by atoms with Gasteiger partial charge in [0.1, 0.15) is 5.82 Å². The smallest absolute Gasteiger partial charge is 0.220 e. The summed E-state index contributed by atoms with van der Waals surface area (Å²) < 4.78 is 12.8. The van der Waals surface area contributed by atoms with Crippen LogP contribution in [0.25, 0.3) is 0 Å². The van der Waals surface area contributed by atoms with E-state index in [1.54, 1.807) is 23.9 Å². The van der Waals surface area contributed by atoms with Crippen LogP contribution in [0, 0.1) is 5.82 Å². The molecule has 0 spiro atoms. The average molecular weight is 329 g/mol. The summed E-state index contributed by atoms with van der Waals surface area (Å²) in [4.78, 5) is 13.0. The predicted octanol–water partition coefficient (Wildman–Crippen LogP) is 4.16. The van der Waals surface area contributed by atoms with Crippen molar-refractivity contribution in [2.24, 2.45) is 0 Å². The van der Waals surface area contributed by atoms with Crippen molar-refractivity contribution in [1.29, 1.82) is 0 Å². The number of hydrogen-bond acceptors (Lipinski definition) is 2. The van der Waals surface area contributed by atoms with Crippen LogP contribution in [0.15, 0.2) is 59.5 Å². The van der Waals surface area contributed by atoms with Crippen LogP contribution < -0.4 is 5.32 Å². The number of carbonyl (C=O) groups excluding carboxylic acids is 1. The molecule has 3 rings (SSSR count). The normalized spacial score (nSPS) is 15.2. The van der Waals surface area contributed by atoms with Gasteiger partial charge in [0.25, 0.3) is 0 Å². The van der Waals surface area contributed by atoms with Crippen molar-refractivity contribution in [2.75, 3.05) is 12.3 Å².